The predicted molar refractivity (Wildman–Crippen MR) is 55.0 cm³/mol. The number of hydrogen-bond acceptors (Lipinski definition) is 4. The first-order valence-corrected chi connectivity index (χ1v) is 5.24. The minimum absolute atomic E-state index is 0.467. The molecular weight excluding hydrogens is 178 g/mol. The molecule has 0 unspecified atom stereocenters. The molecule has 1 aromatic heterocycles. The molecule has 0 saturated carbocycles. The molecule has 14 heavy (non-hydrogen) atoms. The Morgan fingerprint density at radius 3 is 2.57 bits per heavy atom. The molecule has 1 aliphatic heterocycles. The van der Waals surface area contributed by atoms with Gasteiger partial charge in [-0.3, -0.25) is 4.57 Å². The van der Waals surface area contributed by atoms with Crippen molar-refractivity contribution in [2.75, 3.05) is 18.0 Å². The largest absolute Gasteiger partial charge is 0.341 e. The first kappa shape index (κ1) is 9.45. The summed E-state index contributed by atoms with van der Waals surface area (Å²) < 4.78 is 2.10. The van der Waals surface area contributed by atoms with Crippen molar-refractivity contribution in [3.8, 4) is 0 Å². The molecule has 0 aromatic carbocycles. The van der Waals surface area contributed by atoms with Gasteiger partial charge in [-0.15, -0.1) is 10.2 Å². The average molecular weight is 195 g/mol. The van der Waals surface area contributed by atoms with Gasteiger partial charge in [0.2, 0.25) is 5.95 Å². The van der Waals surface area contributed by atoms with Gasteiger partial charge in [0.15, 0.2) is 0 Å². The minimum Gasteiger partial charge on any atom is -0.341 e. The van der Waals surface area contributed by atoms with Crippen LogP contribution < -0.4 is 10.6 Å². The summed E-state index contributed by atoms with van der Waals surface area (Å²) in [5, 5.41) is 8.30. The highest BCUT2D eigenvalue weighted by atomic mass is 15.4. The summed E-state index contributed by atoms with van der Waals surface area (Å²) in [4.78, 5) is 2.29. The lowest BCUT2D eigenvalue weighted by Crippen LogP contribution is -2.22. The monoisotopic (exact) mass is 195 g/mol. The predicted octanol–water partition coefficient (Wildman–Crippen LogP) is 0.357. The number of hydrogen-bond donors (Lipinski definition) is 1. The number of anilines is 1. The van der Waals surface area contributed by atoms with Crippen LogP contribution in [0.25, 0.3) is 0 Å². The SMILES string of the molecule is CCn1c(CN)nnc1N1CCCC1. The van der Waals surface area contributed by atoms with Crippen LogP contribution in [-0.2, 0) is 13.1 Å². The van der Waals surface area contributed by atoms with E-state index in [9.17, 15) is 0 Å². The third-order valence-corrected chi connectivity index (χ3v) is 2.70. The molecule has 1 aliphatic rings. The molecular formula is C9H17N5. The van der Waals surface area contributed by atoms with Crippen molar-refractivity contribution < 1.29 is 0 Å². The Morgan fingerprint density at radius 2 is 2.00 bits per heavy atom. The van der Waals surface area contributed by atoms with E-state index in [0.717, 1.165) is 31.4 Å². The van der Waals surface area contributed by atoms with Crippen molar-refractivity contribution in [2.45, 2.75) is 32.9 Å². The summed E-state index contributed by atoms with van der Waals surface area (Å²) in [6, 6.07) is 0. The van der Waals surface area contributed by atoms with Crippen molar-refractivity contribution in [1.29, 1.82) is 0 Å². The summed E-state index contributed by atoms with van der Waals surface area (Å²) >= 11 is 0. The van der Waals surface area contributed by atoms with Gasteiger partial charge in [-0.2, -0.15) is 0 Å². The Balaban J connectivity index is 2.27. The van der Waals surface area contributed by atoms with Crippen molar-refractivity contribution in [1.82, 2.24) is 14.8 Å². The van der Waals surface area contributed by atoms with Gasteiger partial charge in [-0.05, 0) is 19.8 Å². The summed E-state index contributed by atoms with van der Waals surface area (Å²) in [7, 11) is 0. The number of rotatable bonds is 3. The van der Waals surface area contributed by atoms with E-state index in [2.05, 4.69) is 26.6 Å². The van der Waals surface area contributed by atoms with Crippen molar-refractivity contribution >= 4 is 5.95 Å². The Labute approximate surface area is 83.9 Å². The zero-order valence-electron chi connectivity index (χ0n) is 8.61. The first-order valence-electron chi connectivity index (χ1n) is 5.24. The molecule has 0 spiro atoms. The van der Waals surface area contributed by atoms with Crippen LogP contribution in [-0.4, -0.2) is 27.9 Å². The molecule has 0 amide bonds. The molecule has 1 fully saturated rings. The normalized spacial score (nSPS) is 16.6. The van der Waals surface area contributed by atoms with Crippen LogP contribution in [0.1, 0.15) is 25.6 Å². The van der Waals surface area contributed by atoms with Crippen LogP contribution in [0.4, 0.5) is 5.95 Å². The van der Waals surface area contributed by atoms with E-state index in [1.54, 1.807) is 0 Å². The summed E-state index contributed by atoms with van der Waals surface area (Å²) in [6.45, 7) is 5.66. The van der Waals surface area contributed by atoms with E-state index in [1.807, 2.05) is 0 Å². The molecule has 0 aliphatic carbocycles. The fourth-order valence-corrected chi connectivity index (χ4v) is 1.95. The lowest BCUT2D eigenvalue weighted by atomic mass is 10.4. The molecule has 0 bridgehead atoms. The Hall–Kier alpha value is -1.10. The highest BCUT2D eigenvalue weighted by molar-refractivity contribution is 5.32. The Kier molecular flexibility index (Phi) is 2.67. The highest BCUT2D eigenvalue weighted by Crippen LogP contribution is 2.18. The van der Waals surface area contributed by atoms with Gasteiger partial charge in [0.1, 0.15) is 5.82 Å². The molecule has 0 radical (unpaired) electrons. The zero-order chi connectivity index (χ0) is 9.97. The molecule has 2 heterocycles. The summed E-state index contributed by atoms with van der Waals surface area (Å²) in [5.41, 5.74) is 5.60. The van der Waals surface area contributed by atoms with Gasteiger partial charge >= 0.3 is 0 Å². The Bertz CT molecular complexity index is 300. The minimum atomic E-state index is 0.467. The van der Waals surface area contributed by atoms with Gasteiger partial charge in [0.05, 0.1) is 6.54 Å². The van der Waals surface area contributed by atoms with Crippen LogP contribution in [0.5, 0.6) is 0 Å². The second-order valence-electron chi connectivity index (χ2n) is 3.56. The Morgan fingerprint density at radius 1 is 1.29 bits per heavy atom. The van der Waals surface area contributed by atoms with E-state index < -0.39 is 0 Å². The van der Waals surface area contributed by atoms with Crippen LogP contribution in [0, 0.1) is 0 Å². The summed E-state index contributed by atoms with van der Waals surface area (Å²) in [5.74, 6) is 1.87. The van der Waals surface area contributed by atoms with Crippen LogP contribution >= 0.6 is 0 Å². The fraction of sp³-hybridized carbons (Fsp3) is 0.778. The van der Waals surface area contributed by atoms with E-state index in [0.29, 0.717) is 6.54 Å². The standard InChI is InChI=1S/C9H17N5/c1-2-14-8(7-10)11-12-9(14)13-5-3-4-6-13/h2-7,10H2,1H3. The number of aromatic nitrogens is 3. The molecule has 1 aromatic rings. The fourth-order valence-electron chi connectivity index (χ4n) is 1.95. The van der Waals surface area contributed by atoms with E-state index >= 15 is 0 Å². The molecule has 0 atom stereocenters. The lowest BCUT2D eigenvalue weighted by Gasteiger charge is -2.16. The van der Waals surface area contributed by atoms with Crippen LogP contribution in [0.2, 0.25) is 0 Å². The van der Waals surface area contributed by atoms with Gasteiger partial charge in [0.25, 0.3) is 0 Å². The third kappa shape index (κ3) is 1.48. The second kappa shape index (κ2) is 3.96. The molecule has 78 valence electrons. The van der Waals surface area contributed by atoms with Gasteiger partial charge in [-0.1, -0.05) is 0 Å². The first-order chi connectivity index (χ1) is 6.86. The second-order valence-corrected chi connectivity index (χ2v) is 3.56. The lowest BCUT2D eigenvalue weighted by molar-refractivity contribution is 0.684. The van der Waals surface area contributed by atoms with Gasteiger partial charge in [-0.25, -0.2) is 0 Å². The molecule has 1 saturated heterocycles. The maximum Gasteiger partial charge on any atom is 0.227 e. The average Bonchev–Trinajstić information content (AvgIpc) is 2.85. The zero-order valence-corrected chi connectivity index (χ0v) is 8.61. The molecule has 2 N–H and O–H groups in total. The highest BCUT2D eigenvalue weighted by Gasteiger charge is 2.19. The van der Waals surface area contributed by atoms with E-state index in [-0.39, 0.29) is 0 Å². The van der Waals surface area contributed by atoms with Crippen LogP contribution in [0.3, 0.4) is 0 Å². The maximum atomic E-state index is 5.60. The van der Waals surface area contributed by atoms with Crippen molar-refractivity contribution in [2.24, 2.45) is 5.73 Å². The smallest absolute Gasteiger partial charge is 0.227 e. The third-order valence-electron chi connectivity index (χ3n) is 2.70. The van der Waals surface area contributed by atoms with Gasteiger partial charge < -0.3 is 10.6 Å². The molecule has 5 nitrogen and oxygen atoms in total. The number of nitrogens with zero attached hydrogens (tertiary/aromatic N) is 4. The summed E-state index contributed by atoms with van der Waals surface area (Å²) in [6.07, 6.45) is 2.52. The molecule has 2 rings (SSSR count). The van der Waals surface area contributed by atoms with Gasteiger partial charge in [0, 0.05) is 19.6 Å². The van der Waals surface area contributed by atoms with E-state index in [4.69, 9.17) is 5.73 Å². The van der Waals surface area contributed by atoms with Crippen LogP contribution in [0.15, 0.2) is 0 Å². The topological polar surface area (TPSA) is 60.0 Å². The maximum absolute atomic E-state index is 5.60. The number of nitrogens with two attached hydrogens (primary N) is 1. The van der Waals surface area contributed by atoms with E-state index in [1.165, 1.54) is 12.8 Å². The van der Waals surface area contributed by atoms with Crippen molar-refractivity contribution in [3.63, 3.8) is 0 Å². The van der Waals surface area contributed by atoms with Crippen molar-refractivity contribution in [3.05, 3.63) is 5.82 Å². The molecule has 5 heteroatoms. The quantitative estimate of drug-likeness (QED) is 0.756.